The molecule has 1 heterocycles. The number of hydrogen-bond donors (Lipinski definition) is 0. The third kappa shape index (κ3) is 1.49. The molecule has 0 amide bonds. The van der Waals surface area contributed by atoms with Crippen molar-refractivity contribution in [1.82, 2.24) is 4.57 Å². The van der Waals surface area contributed by atoms with E-state index in [9.17, 15) is 0 Å². The second kappa shape index (κ2) is 3.77. The maximum absolute atomic E-state index is 6.05. The average molecular weight is 204 g/mol. The van der Waals surface area contributed by atoms with Gasteiger partial charge in [0, 0.05) is 35.1 Å². The summed E-state index contributed by atoms with van der Waals surface area (Å²) in [5.41, 5.74) is 1.15. The van der Waals surface area contributed by atoms with Crippen molar-refractivity contribution in [3.63, 3.8) is 0 Å². The van der Waals surface area contributed by atoms with Crippen molar-refractivity contribution < 1.29 is 0 Å². The molecule has 1 aromatic heterocycles. The van der Waals surface area contributed by atoms with Crippen molar-refractivity contribution in [2.45, 2.75) is 13.0 Å². The van der Waals surface area contributed by atoms with E-state index in [4.69, 9.17) is 18.0 Å². The Morgan fingerprint density at radius 1 is 1.36 bits per heavy atom. The zero-order chi connectivity index (χ0) is 9.97. The molecule has 1 nitrogen and oxygen atoms in total. The first-order valence-electron chi connectivity index (χ1n) is 4.50. The van der Waals surface area contributed by atoms with E-state index in [0.717, 1.165) is 28.9 Å². The summed E-state index contributed by atoms with van der Waals surface area (Å²) in [4.78, 5) is 0. The molecule has 0 unspecified atom stereocenters. The third-order valence-corrected chi connectivity index (χ3v) is 2.59. The summed E-state index contributed by atoms with van der Waals surface area (Å²) in [6, 6.07) is 7.93. The fourth-order valence-electron chi connectivity index (χ4n) is 1.57. The third-order valence-electron chi connectivity index (χ3n) is 2.26. The molecule has 0 bridgehead atoms. The highest BCUT2D eigenvalue weighted by molar-refractivity contribution is 6.35. The van der Waals surface area contributed by atoms with Gasteiger partial charge in [-0.15, -0.1) is 12.3 Å². The number of halogens is 1. The molecule has 14 heavy (non-hydrogen) atoms. The summed E-state index contributed by atoms with van der Waals surface area (Å²) in [6.45, 7) is 0.848. The van der Waals surface area contributed by atoms with Gasteiger partial charge in [0.15, 0.2) is 0 Å². The number of aryl methyl sites for hydroxylation is 1. The van der Waals surface area contributed by atoms with Crippen LogP contribution in [0.5, 0.6) is 0 Å². The summed E-state index contributed by atoms with van der Waals surface area (Å²) in [5.74, 6) is 2.63. The first-order chi connectivity index (χ1) is 6.83. The first-order valence-corrected chi connectivity index (χ1v) is 4.87. The number of aromatic nitrogens is 1. The molecule has 0 spiro atoms. The number of rotatable bonds is 2. The molecule has 0 aliphatic rings. The predicted molar refractivity (Wildman–Crippen MR) is 60.4 cm³/mol. The van der Waals surface area contributed by atoms with Gasteiger partial charge in [-0.25, -0.2) is 0 Å². The maximum Gasteiger partial charge on any atom is 0.0499 e. The Kier molecular flexibility index (Phi) is 2.47. The number of fused-ring (bicyclic) bond motifs is 1. The van der Waals surface area contributed by atoms with E-state index >= 15 is 0 Å². The lowest BCUT2D eigenvalue weighted by Gasteiger charge is -2.02. The molecule has 0 saturated carbocycles. The molecule has 0 saturated heterocycles. The van der Waals surface area contributed by atoms with Crippen molar-refractivity contribution in [1.29, 1.82) is 0 Å². The van der Waals surface area contributed by atoms with Crippen LogP contribution < -0.4 is 0 Å². The Morgan fingerprint density at radius 3 is 3.00 bits per heavy atom. The topological polar surface area (TPSA) is 4.93 Å². The Balaban J connectivity index is 2.48. The van der Waals surface area contributed by atoms with Crippen molar-refractivity contribution in [3.05, 3.63) is 35.5 Å². The Morgan fingerprint density at radius 2 is 2.21 bits per heavy atom. The lowest BCUT2D eigenvalue weighted by atomic mass is 10.2. The van der Waals surface area contributed by atoms with Gasteiger partial charge in [-0.3, -0.25) is 0 Å². The van der Waals surface area contributed by atoms with Crippen LogP contribution in [0.25, 0.3) is 10.9 Å². The molecule has 0 N–H and O–H groups in total. The fourth-order valence-corrected chi connectivity index (χ4v) is 1.80. The summed E-state index contributed by atoms with van der Waals surface area (Å²) < 4.78 is 2.13. The summed E-state index contributed by atoms with van der Waals surface area (Å²) in [7, 11) is 0. The van der Waals surface area contributed by atoms with Crippen LogP contribution in [0.3, 0.4) is 0 Å². The van der Waals surface area contributed by atoms with E-state index in [2.05, 4.69) is 16.6 Å². The number of benzene rings is 1. The fraction of sp³-hybridized carbons (Fsp3) is 0.167. The molecular formula is C12H10ClN. The molecule has 0 aliphatic carbocycles. The molecule has 2 heteroatoms. The van der Waals surface area contributed by atoms with Crippen LogP contribution in [0.2, 0.25) is 5.02 Å². The van der Waals surface area contributed by atoms with E-state index < -0.39 is 0 Å². The Labute approximate surface area is 88.3 Å². The average Bonchev–Trinajstić information content (AvgIpc) is 2.60. The summed E-state index contributed by atoms with van der Waals surface area (Å²) in [6.07, 6.45) is 8.00. The molecule has 70 valence electrons. The van der Waals surface area contributed by atoms with Crippen LogP contribution in [-0.4, -0.2) is 4.57 Å². The molecular weight excluding hydrogens is 194 g/mol. The van der Waals surface area contributed by atoms with Crippen LogP contribution in [-0.2, 0) is 6.54 Å². The number of hydrogen-bond acceptors (Lipinski definition) is 0. The van der Waals surface area contributed by atoms with Gasteiger partial charge in [0.25, 0.3) is 0 Å². The minimum Gasteiger partial charge on any atom is -0.346 e. The maximum atomic E-state index is 6.05. The first kappa shape index (κ1) is 9.18. The molecule has 0 aliphatic heterocycles. The van der Waals surface area contributed by atoms with Gasteiger partial charge in [0.05, 0.1) is 0 Å². The van der Waals surface area contributed by atoms with Gasteiger partial charge in [-0.1, -0.05) is 17.7 Å². The minimum atomic E-state index is 0.746. The van der Waals surface area contributed by atoms with Crippen LogP contribution in [0.15, 0.2) is 30.5 Å². The van der Waals surface area contributed by atoms with E-state index in [1.807, 2.05) is 24.4 Å². The summed E-state index contributed by atoms with van der Waals surface area (Å²) >= 11 is 6.05. The molecule has 2 rings (SSSR count). The monoisotopic (exact) mass is 203 g/mol. The lowest BCUT2D eigenvalue weighted by molar-refractivity contribution is 0.749. The van der Waals surface area contributed by atoms with E-state index in [1.54, 1.807) is 0 Å². The zero-order valence-electron chi connectivity index (χ0n) is 7.70. The van der Waals surface area contributed by atoms with Gasteiger partial charge in [0.1, 0.15) is 0 Å². The van der Waals surface area contributed by atoms with E-state index in [-0.39, 0.29) is 0 Å². The second-order valence-corrected chi connectivity index (χ2v) is 3.54. The zero-order valence-corrected chi connectivity index (χ0v) is 8.46. The van der Waals surface area contributed by atoms with Crippen LogP contribution >= 0.6 is 11.6 Å². The van der Waals surface area contributed by atoms with Gasteiger partial charge in [-0.2, -0.15) is 0 Å². The molecule has 0 fully saturated rings. The van der Waals surface area contributed by atoms with Gasteiger partial charge in [-0.05, 0) is 18.2 Å². The summed E-state index contributed by atoms with van der Waals surface area (Å²) in [5, 5.41) is 1.88. The Bertz CT molecular complexity index is 490. The van der Waals surface area contributed by atoms with Crippen LogP contribution in [0, 0.1) is 12.3 Å². The normalized spacial score (nSPS) is 10.3. The quantitative estimate of drug-likeness (QED) is 0.660. The van der Waals surface area contributed by atoms with E-state index in [0.29, 0.717) is 0 Å². The van der Waals surface area contributed by atoms with Crippen LogP contribution in [0.1, 0.15) is 6.42 Å². The van der Waals surface area contributed by atoms with Crippen molar-refractivity contribution in [2.75, 3.05) is 0 Å². The molecule has 2 aromatic rings. The van der Waals surface area contributed by atoms with Crippen LogP contribution in [0.4, 0.5) is 0 Å². The SMILES string of the molecule is C#CCCn1ccc2c(Cl)cccc21. The predicted octanol–water partition coefficient (Wildman–Crippen LogP) is 3.32. The molecule has 0 radical (unpaired) electrons. The highest BCUT2D eigenvalue weighted by Gasteiger charge is 2.02. The highest BCUT2D eigenvalue weighted by Crippen LogP contribution is 2.24. The van der Waals surface area contributed by atoms with Crippen molar-refractivity contribution in [3.8, 4) is 12.3 Å². The standard InChI is InChI=1S/C12H10ClN/c1-2-3-8-14-9-7-10-11(13)5-4-6-12(10)14/h1,4-7,9H,3,8H2. The highest BCUT2D eigenvalue weighted by atomic mass is 35.5. The van der Waals surface area contributed by atoms with Crippen molar-refractivity contribution >= 4 is 22.5 Å². The van der Waals surface area contributed by atoms with E-state index in [1.165, 1.54) is 0 Å². The van der Waals surface area contributed by atoms with Gasteiger partial charge >= 0.3 is 0 Å². The van der Waals surface area contributed by atoms with Gasteiger partial charge < -0.3 is 4.57 Å². The largest absolute Gasteiger partial charge is 0.346 e. The lowest BCUT2D eigenvalue weighted by Crippen LogP contribution is -1.93. The Hall–Kier alpha value is -1.39. The molecule has 1 aromatic carbocycles. The smallest absolute Gasteiger partial charge is 0.0499 e. The van der Waals surface area contributed by atoms with Crippen molar-refractivity contribution in [2.24, 2.45) is 0 Å². The second-order valence-electron chi connectivity index (χ2n) is 3.14. The number of terminal acetylenes is 1. The van der Waals surface area contributed by atoms with Gasteiger partial charge in [0.2, 0.25) is 0 Å². The molecule has 0 atom stereocenters. The minimum absolute atomic E-state index is 0.746. The number of nitrogens with zero attached hydrogens (tertiary/aromatic N) is 1.